The number of hydrogen-bond acceptors (Lipinski definition) is 3. The van der Waals surface area contributed by atoms with Crippen LogP contribution in [-0.4, -0.2) is 33.4 Å². The molecule has 0 unspecified atom stereocenters. The molecule has 0 aromatic heterocycles. The minimum atomic E-state index is -5.02. The molecule has 0 bridgehead atoms. The standard InChI is InChI=1S/C8H9AsNO5/c1-5(11)10-7-4-6(9(13,14)15)2-3-8(7)12/h2,4,12H,1H3,(H,10,11)(H2,13,14,15). The van der Waals surface area contributed by atoms with Gasteiger partial charge in [0.1, 0.15) is 0 Å². The molecule has 7 heteroatoms. The summed E-state index contributed by atoms with van der Waals surface area (Å²) >= 11 is -5.02. The third kappa shape index (κ3) is 3.12. The first-order valence-electron chi connectivity index (χ1n) is 3.89. The average molecular weight is 274 g/mol. The second kappa shape index (κ2) is 4.10. The van der Waals surface area contributed by atoms with Crippen LogP contribution in [0.4, 0.5) is 5.69 Å². The molecule has 1 aromatic rings. The molecular formula is C8H9AsNO5. The number of aromatic hydroxyl groups is 1. The van der Waals surface area contributed by atoms with Gasteiger partial charge in [0.2, 0.25) is 0 Å². The molecule has 0 saturated carbocycles. The Labute approximate surface area is 88.6 Å². The van der Waals surface area contributed by atoms with Crippen LogP contribution in [0.15, 0.2) is 12.1 Å². The van der Waals surface area contributed by atoms with Crippen LogP contribution < -0.4 is 9.67 Å². The Bertz CT molecular complexity index is 439. The van der Waals surface area contributed by atoms with E-state index in [2.05, 4.69) is 11.4 Å². The normalized spacial score (nSPS) is 11.1. The van der Waals surface area contributed by atoms with Gasteiger partial charge in [0.05, 0.1) is 0 Å². The first-order valence-corrected chi connectivity index (χ1v) is 7.27. The topological polar surface area (TPSA) is 107 Å². The van der Waals surface area contributed by atoms with E-state index in [4.69, 9.17) is 8.19 Å². The molecule has 0 fully saturated rings. The van der Waals surface area contributed by atoms with Crippen LogP contribution in [0.5, 0.6) is 5.75 Å². The molecule has 4 N–H and O–H groups in total. The van der Waals surface area contributed by atoms with E-state index in [1.54, 1.807) is 0 Å². The predicted molar refractivity (Wildman–Crippen MR) is 51.8 cm³/mol. The summed E-state index contributed by atoms with van der Waals surface area (Å²) in [5.74, 6) is -0.813. The van der Waals surface area contributed by atoms with Gasteiger partial charge >= 0.3 is 88.1 Å². The molecular weight excluding hydrogens is 265 g/mol. The fourth-order valence-electron chi connectivity index (χ4n) is 0.931. The van der Waals surface area contributed by atoms with Gasteiger partial charge in [0.25, 0.3) is 0 Å². The molecule has 15 heavy (non-hydrogen) atoms. The van der Waals surface area contributed by atoms with Gasteiger partial charge in [-0.2, -0.15) is 0 Å². The van der Waals surface area contributed by atoms with Crippen molar-refractivity contribution >= 4 is 30.1 Å². The van der Waals surface area contributed by atoms with Crippen molar-refractivity contribution in [2.24, 2.45) is 0 Å². The van der Waals surface area contributed by atoms with Crippen LogP contribution in [0.25, 0.3) is 0 Å². The van der Waals surface area contributed by atoms with Crippen LogP contribution in [0.3, 0.4) is 0 Å². The summed E-state index contributed by atoms with van der Waals surface area (Å²) in [7, 11) is 0. The van der Waals surface area contributed by atoms with Gasteiger partial charge in [-0.1, -0.05) is 0 Å². The fraction of sp³-hybridized carbons (Fsp3) is 0.125. The van der Waals surface area contributed by atoms with Crippen LogP contribution in [0, 0.1) is 6.07 Å². The van der Waals surface area contributed by atoms with Crippen molar-refractivity contribution in [2.45, 2.75) is 6.92 Å². The van der Waals surface area contributed by atoms with Crippen LogP contribution in [0.1, 0.15) is 6.92 Å². The van der Waals surface area contributed by atoms with E-state index in [-0.39, 0.29) is 15.8 Å². The summed E-state index contributed by atoms with van der Waals surface area (Å²) in [6.07, 6.45) is 0. The number of amides is 1. The summed E-state index contributed by atoms with van der Waals surface area (Å²) in [6, 6.07) is 4.28. The van der Waals surface area contributed by atoms with Gasteiger partial charge in [-0.25, -0.2) is 0 Å². The second-order valence-corrected chi connectivity index (χ2v) is 6.21. The number of anilines is 1. The molecule has 0 spiro atoms. The van der Waals surface area contributed by atoms with Gasteiger partial charge in [-0.3, -0.25) is 0 Å². The van der Waals surface area contributed by atoms with Gasteiger partial charge < -0.3 is 0 Å². The number of carbonyl (C=O) groups is 1. The molecule has 1 radical (unpaired) electrons. The first kappa shape index (κ1) is 11.8. The van der Waals surface area contributed by atoms with Gasteiger partial charge in [0.15, 0.2) is 0 Å². The minimum absolute atomic E-state index is 0.0651. The van der Waals surface area contributed by atoms with Crippen molar-refractivity contribution in [3.8, 4) is 5.75 Å². The SMILES string of the molecule is CC(=O)Nc1cc([As](=O)(O)O)c[c]c1O. The third-order valence-corrected chi connectivity index (χ3v) is 3.50. The molecule has 1 aromatic carbocycles. The zero-order valence-corrected chi connectivity index (χ0v) is 9.64. The molecule has 1 rings (SSSR count). The summed E-state index contributed by atoms with van der Waals surface area (Å²) < 4.78 is 28.5. The second-order valence-electron chi connectivity index (χ2n) is 2.85. The molecule has 0 aliphatic heterocycles. The Morgan fingerprint density at radius 3 is 2.60 bits per heavy atom. The van der Waals surface area contributed by atoms with Crippen LogP contribution in [0.2, 0.25) is 0 Å². The van der Waals surface area contributed by atoms with Crippen molar-refractivity contribution in [3.63, 3.8) is 0 Å². The Morgan fingerprint density at radius 1 is 1.53 bits per heavy atom. The predicted octanol–water partition coefficient (Wildman–Crippen LogP) is -1.29. The van der Waals surface area contributed by atoms with E-state index in [1.165, 1.54) is 6.92 Å². The number of hydrogen-bond donors (Lipinski definition) is 4. The van der Waals surface area contributed by atoms with E-state index < -0.39 is 20.1 Å². The summed E-state index contributed by atoms with van der Waals surface area (Å²) in [5.41, 5.74) is -0.0651. The Hall–Kier alpha value is -1.23. The first-order chi connectivity index (χ1) is 6.80. The van der Waals surface area contributed by atoms with Crippen molar-refractivity contribution < 1.29 is 21.8 Å². The number of nitrogens with one attached hydrogen (secondary N) is 1. The van der Waals surface area contributed by atoms with E-state index in [9.17, 15) is 13.6 Å². The third-order valence-electron chi connectivity index (χ3n) is 1.55. The zero-order valence-electron chi connectivity index (χ0n) is 7.76. The average Bonchev–Trinajstić information content (AvgIpc) is 2.06. The van der Waals surface area contributed by atoms with E-state index in [0.717, 1.165) is 12.1 Å². The number of benzene rings is 1. The van der Waals surface area contributed by atoms with Crippen molar-refractivity contribution in [2.75, 3.05) is 5.32 Å². The maximum absolute atomic E-state index is 10.9. The van der Waals surface area contributed by atoms with Crippen LogP contribution in [-0.2, 0) is 8.53 Å². The molecule has 6 nitrogen and oxygen atoms in total. The van der Waals surface area contributed by atoms with E-state index in [0.29, 0.717) is 0 Å². The molecule has 1 amide bonds. The Balaban J connectivity index is 3.17. The quantitative estimate of drug-likeness (QED) is 0.396. The van der Waals surface area contributed by atoms with Gasteiger partial charge in [0, 0.05) is 0 Å². The molecule has 81 valence electrons. The van der Waals surface area contributed by atoms with Crippen molar-refractivity contribution in [3.05, 3.63) is 18.2 Å². The zero-order chi connectivity index (χ0) is 11.6. The molecule has 0 saturated heterocycles. The molecule has 0 aliphatic carbocycles. The van der Waals surface area contributed by atoms with Crippen molar-refractivity contribution in [1.29, 1.82) is 0 Å². The van der Waals surface area contributed by atoms with Crippen LogP contribution >= 0.6 is 0 Å². The monoisotopic (exact) mass is 274 g/mol. The maximum atomic E-state index is 10.9. The van der Waals surface area contributed by atoms with E-state index in [1.807, 2.05) is 0 Å². The summed E-state index contributed by atoms with van der Waals surface area (Å²) in [4.78, 5) is 10.7. The fourth-order valence-corrected chi connectivity index (χ4v) is 2.04. The Kier molecular flexibility index (Phi) is 3.24. The molecule has 0 aliphatic rings. The molecule has 0 heterocycles. The van der Waals surface area contributed by atoms with Crippen molar-refractivity contribution in [1.82, 2.24) is 0 Å². The number of phenols is 1. The Morgan fingerprint density at radius 2 is 2.13 bits per heavy atom. The molecule has 0 atom stereocenters. The summed E-state index contributed by atoms with van der Waals surface area (Å²) in [6.45, 7) is 1.22. The van der Waals surface area contributed by atoms with Gasteiger partial charge in [-0.15, -0.1) is 0 Å². The van der Waals surface area contributed by atoms with E-state index >= 15 is 0 Å². The number of carbonyl (C=O) groups excluding carboxylic acids is 1. The van der Waals surface area contributed by atoms with Gasteiger partial charge in [-0.05, 0) is 0 Å². The number of rotatable bonds is 2. The summed E-state index contributed by atoms with van der Waals surface area (Å²) in [5, 5.41) is 11.5. The number of phenolic OH excluding ortho intramolecular Hbond substituents is 1.